The van der Waals surface area contributed by atoms with E-state index in [1.54, 1.807) is 12.1 Å². The van der Waals surface area contributed by atoms with Crippen molar-refractivity contribution in [1.82, 2.24) is 5.32 Å². The van der Waals surface area contributed by atoms with Gasteiger partial charge in [-0.2, -0.15) is 0 Å². The van der Waals surface area contributed by atoms with Crippen molar-refractivity contribution in [3.05, 3.63) is 65.7 Å². The number of carbonyl (C=O) groups excluding carboxylic acids is 2. The molecular formula is C21H23NO4. The molecule has 0 radical (unpaired) electrons. The Kier molecular flexibility index (Phi) is 5.89. The van der Waals surface area contributed by atoms with E-state index in [4.69, 9.17) is 9.47 Å². The van der Waals surface area contributed by atoms with Crippen molar-refractivity contribution in [3.8, 4) is 5.75 Å². The van der Waals surface area contributed by atoms with Crippen molar-refractivity contribution < 1.29 is 19.1 Å². The van der Waals surface area contributed by atoms with Gasteiger partial charge in [0, 0.05) is 11.6 Å². The third-order valence-electron chi connectivity index (χ3n) is 4.11. The first kappa shape index (κ1) is 18.0. The molecule has 136 valence electrons. The SMILES string of the molecule is Cc1ccc(OCCC(=O)O[C@@H](C(=O)NC2CC2)c2ccccc2)cc1. The van der Waals surface area contributed by atoms with Gasteiger partial charge in [0.15, 0.2) is 0 Å². The highest BCUT2D eigenvalue weighted by Crippen LogP contribution is 2.23. The van der Waals surface area contributed by atoms with Gasteiger partial charge in [-0.25, -0.2) is 0 Å². The Morgan fingerprint density at radius 2 is 1.77 bits per heavy atom. The van der Waals surface area contributed by atoms with Crippen LogP contribution in [0.2, 0.25) is 0 Å². The van der Waals surface area contributed by atoms with E-state index >= 15 is 0 Å². The summed E-state index contributed by atoms with van der Waals surface area (Å²) in [5.41, 5.74) is 1.81. The van der Waals surface area contributed by atoms with Gasteiger partial charge >= 0.3 is 5.97 Å². The Morgan fingerprint density at radius 3 is 2.42 bits per heavy atom. The van der Waals surface area contributed by atoms with Crippen LogP contribution in [-0.2, 0) is 14.3 Å². The lowest BCUT2D eigenvalue weighted by atomic mass is 10.1. The van der Waals surface area contributed by atoms with Crippen LogP contribution in [0.4, 0.5) is 0 Å². The second kappa shape index (κ2) is 8.52. The molecule has 1 fully saturated rings. The molecule has 1 saturated carbocycles. The molecule has 0 unspecified atom stereocenters. The molecule has 3 rings (SSSR count). The van der Waals surface area contributed by atoms with Crippen LogP contribution < -0.4 is 10.1 Å². The minimum absolute atomic E-state index is 0.0773. The van der Waals surface area contributed by atoms with E-state index < -0.39 is 12.1 Å². The number of benzene rings is 2. The van der Waals surface area contributed by atoms with Crippen LogP contribution >= 0.6 is 0 Å². The predicted molar refractivity (Wildman–Crippen MR) is 97.7 cm³/mol. The van der Waals surface area contributed by atoms with Crippen LogP contribution in [0.5, 0.6) is 5.75 Å². The molecule has 1 amide bonds. The topological polar surface area (TPSA) is 64.6 Å². The third-order valence-corrected chi connectivity index (χ3v) is 4.11. The number of esters is 1. The van der Waals surface area contributed by atoms with E-state index in [9.17, 15) is 9.59 Å². The van der Waals surface area contributed by atoms with Gasteiger partial charge in [0.25, 0.3) is 5.91 Å². The first-order chi connectivity index (χ1) is 12.6. The van der Waals surface area contributed by atoms with Gasteiger partial charge in [-0.05, 0) is 31.9 Å². The summed E-state index contributed by atoms with van der Waals surface area (Å²) in [6, 6.07) is 16.9. The molecule has 5 nitrogen and oxygen atoms in total. The molecule has 1 atom stereocenters. The van der Waals surface area contributed by atoms with Crippen molar-refractivity contribution in [2.45, 2.75) is 38.3 Å². The van der Waals surface area contributed by atoms with Gasteiger partial charge in [-0.1, -0.05) is 48.0 Å². The van der Waals surface area contributed by atoms with E-state index in [0.29, 0.717) is 11.3 Å². The average Bonchev–Trinajstić information content (AvgIpc) is 3.46. The lowest BCUT2D eigenvalue weighted by Crippen LogP contribution is -2.33. The first-order valence-electron chi connectivity index (χ1n) is 8.86. The second-order valence-corrected chi connectivity index (χ2v) is 6.47. The van der Waals surface area contributed by atoms with Gasteiger partial charge in [-0.3, -0.25) is 9.59 Å². The number of aryl methyl sites for hydroxylation is 1. The van der Waals surface area contributed by atoms with Gasteiger partial charge in [0.05, 0.1) is 13.0 Å². The highest BCUT2D eigenvalue weighted by atomic mass is 16.6. The minimum Gasteiger partial charge on any atom is -0.493 e. The molecule has 0 aliphatic heterocycles. The lowest BCUT2D eigenvalue weighted by molar-refractivity contribution is -0.157. The van der Waals surface area contributed by atoms with Gasteiger partial charge in [0.2, 0.25) is 6.10 Å². The van der Waals surface area contributed by atoms with Crippen LogP contribution in [0.25, 0.3) is 0 Å². The average molecular weight is 353 g/mol. The molecule has 1 N–H and O–H groups in total. The smallest absolute Gasteiger partial charge is 0.310 e. The summed E-state index contributed by atoms with van der Waals surface area (Å²) in [6.45, 7) is 2.20. The highest BCUT2D eigenvalue weighted by Gasteiger charge is 2.30. The Hall–Kier alpha value is -2.82. The normalized spacial score (nSPS) is 14.3. The van der Waals surface area contributed by atoms with Crippen LogP contribution in [0.1, 0.15) is 36.5 Å². The third kappa shape index (κ3) is 5.34. The van der Waals surface area contributed by atoms with Gasteiger partial charge in [-0.15, -0.1) is 0 Å². The Bertz CT molecular complexity index is 738. The lowest BCUT2D eigenvalue weighted by Gasteiger charge is -2.18. The van der Waals surface area contributed by atoms with Crippen molar-refractivity contribution in [2.75, 3.05) is 6.61 Å². The van der Waals surface area contributed by atoms with Crippen molar-refractivity contribution in [1.29, 1.82) is 0 Å². The molecule has 0 saturated heterocycles. The molecule has 2 aromatic rings. The quantitative estimate of drug-likeness (QED) is 0.740. The summed E-state index contributed by atoms with van der Waals surface area (Å²) in [5.74, 6) is -0.0297. The molecule has 0 heterocycles. The molecule has 1 aliphatic rings. The fourth-order valence-electron chi connectivity index (χ4n) is 2.48. The number of amides is 1. The van der Waals surface area contributed by atoms with Crippen molar-refractivity contribution in [2.24, 2.45) is 0 Å². The Morgan fingerprint density at radius 1 is 1.08 bits per heavy atom. The summed E-state index contributed by atoms with van der Waals surface area (Å²) in [4.78, 5) is 24.6. The first-order valence-corrected chi connectivity index (χ1v) is 8.86. The molecular weight excluding hydrogens is 330 g/mol. The predicted octanol–water partition coefficient (Wildman–Crippen LogP) is 3.33. The fourth-order valence-corrected chi connectivity index (χ4v) is 2.48. The van der Waals surface area contributed by atoms with Crippen molar-refractivity contribution in [3.63, 3.8) is 0 Å². The van der Waals surface area contributed by atoms with Crippen LogP contribution in [-0.4, -0.2) is 24.5 Å². The number of hydrogen-bond acceptors (Lipinski definition) is 4. The van der Waals surface area contributed by atoms with Crippen LogP contribution in [0.3, 0.4) is 0 Å². The molecule has 0 spiro atoms. The number of ether oxygens (including phenoxy) is 2. The Balaban J connectivity index is 1.54. The Labute approximate surface area is 153 Å². The summed E-state index contributed by atoms with van der Waals surface area (Å²) in [5, 5.41) is 2.90. The summed E-state index contributed by atoms with van der Waals surface area (Å²) >= 11 is 0. The fraction of sp³-hybridized carbons (Fsp3) is 0.333. The summed E-state index contributed by atoms with van der Waals surface area (Å²) in [6.07, 6.45) is 1.11. The van der Waals surface area contributed by atoms with Crippen LogP contribution in [0, 0.1) is 6.92 Å². The zero-order chi connectivity index (χ0) is 18.4. The molecule has 26 heavy (non-hydrogen) atoms. The monoisotopic (exact) mass is 353 g/mol. The largest absolute Gasteiger partial charge is 0.493 e. The van der Waals surface area contributed by atoms with Gasteiger partial charge in [0.1, 0.15) is 5.75 Å². The molecule has 2 aromatic carbocycles. The highest BCUT2D eigenvalue weighted by molar-refractivity contribution is 5.85. The molecule has 0 bridgehead atoms. The van der Waals surface area contributed by atoms with E-state index in [0.717, 1.165) is 18.4 Å². The zero-order valence-corrected chi connectivity index (χ0v) is 14.8. The number of hydrogen-bond donors (Lipinski definition) is 1. The van der Waals surface area contributed by atoms with E-state index in [-0.39, 0.29) is 25.0 Å². The summed E-state index contributed by atoms with van der Waals surface area (Å²) < 4.78 is 11.0. The number of nitrogens with one attached hydrogen (secondary N) is 1. The summed E-state index contributed by atoms with van der Waals surface area (Å²) in [7, 11) is 0. The standard InChI is InChI=1S/C21H23NO4/c1-15-7-11-18(12-8-15)25-14-13-19(23)26-20(16-5-3-2-4-6-16)21(24)22-17-9-10-17/h2-8,11-12,17,20H,9-10,13-14H2,1H3,(H,22,24)/t20-/m1/s1. The molecule has 0 aromatic heterocycles. The van der Waals surface area contributed by atoms with E-state index in [1.165, 1.54) is 0 Å². The molecule has 5 heteroatoms. The van der Waals surface area contributed by atoms with Crippen LogP contribution in [0.15, 0.2) is 54.6 Å². The number of rotatable bonds is 8. The maximum absolute atomic E-state index is 12.4. The number of carbonyl (C=O) groups is 2. The van der Waals surface area contributed by atoms with E-state index in [1.807, 2.05) is 49.4 Å². The van der Waals surface area contributed by atoms with Gasteiger partial charge < -0.3 is 14.8 Å². The van der Waals surface area contributed by atoms with E-state index in [2.05, 4.69) is 5.32 Å². The van der Waals surface area contributed by atoms with Crippen molar-refractivity contribution >= 4 is 11.9 Å². The minimum atomic E-state index is -0.927. The zero-order valence-electron chi connectivity index (χ0n) is 14.8. The molecule has 1 aliphatic carbocycles. The maximum atomic E-state index is 12.4. The maximum Gasteiger partial charge on any atom is 0.310 e. The second-order valence-electron chi connectivity index (χ2n) is 6.47.